The van der Waals surface area contributed by atoms with Gasteiger partial charge in [0.2, 0.25) is 5.56 Å². The van der Waals surface area contributed by atoms with Gasteiger partial charge in [-0.2, -0.15) is 18.3 Å². The van der Waals surface area contributed by atoms with E-state index in [1.54, 1.807) is 30.1 Å². The number of fused-ring (bicyclic) bond motifs is 1. The normalized spacial score (nSPS) is 24.6. The zero-order valence-electron chi connectivity index (χ0n) is 19.5. The van der Waals surface area contributed by atoms with E-state index in [4.69, 9.17) is 0 Å². The molecule has 3 unspecified atom stereocenters. The number of hydrazone groups is 1. The summed E-state index contributed by atoms with van der Waals surface area (Å²) < 4.78 is 40.7. The molecule has 2 saturated heterocycles. The van der Waals surface area contributed by atoms with Crippen molar-refractivity contribution < 1.29 is 13.2 Å². The van der Waals surface area contributed by atoms with E-state index in [2.05, 4.69) is 20.4 Å². The molecule has 5 rings (SSSR count). The molecule has 0 amide bonds. The SMILES string of the molecule is CN1C(c2cc[nH]c(=O)c2)=NNC1SCCCN1CC2CCN(c3ccccc3C(F)(F)F)C2C1. The Morgan fingerprint density at radius 2 is 2.03 bits per heavy atom. The molecule has 7 nitrogen and oxygen atoms in total. The molecular weight excluding hydrogens is 477 g/mol. The standard InChI is InChI=1S/C24H29F3N6OS/c1-31-22(16-7-9-28-21(34)13-16)29-30-23(31)35-12-4-10-32-14-17-8-11-33(20(17)15-32)19-6-3-2-5-18(19)24(25,26)27/h2-3,5-7,9,13,17,20,23,30H,4,8,10-12,14-15H2,1H3,(H,28,34). The molecule has 2 aromatic rings. The highest BCUT2D eigenvalue weighted by Gasteiger charge is 2.44. The van der Waals surface area contributed by atoms with Gasteiger partial charge in [0.1, 0.15) is 0 Å². The summed E-state index contributed by atoms with van der Waals surface area (Å²) in [5.41, 5.74) is 3.51. The van der Waals surface area contributed by atoms with Gasteiger partial charge in [-0.05, 0) is 49.3 Å². The Kier molecular flexibility index (Phi) is 6.71. The molecule has 0 spiro atoms. The van der Waals surface area contributed by atoms with Crippen LogP contribution in [-0.4, -0.2) is 71.1 Å². The van der Waals surface area contributed by atoms with Crippen molar-refractivity contribution in [2.45, 2.75) is 30.6 Å². The molecule has 0 aliphatic carbocycles. The first-order chi connectivity index (χ1) is 16.8. The highest BCUT2D eigenvalue weighted by molar-refractivity contribution is 7.99. The van der Waals surface area contributed by atoms with Gasteiger partial charge < -0.3 is 19.7 Å². The molecule has 0 bridgehead atoms. The van der Waals surface area contributed by atoms with Crippen LogP contribution in [0.5, 0.6) is 0 Å². The van der Waals surface area contributed by atoms with Gasteiger partial charge in [0.25, 0.3) is 0 Å². The van der Waals surface area contributed by atoms with Crippen molar-refractivity contribution in [3.8, 4) is 0 Å². The topological polar surface area (TPSA) is 67.0 Å². The van der Waals surface area contributed by atoms with E-state index in [-0.39, 0.29) is 17.1 Å². The number of rotatable bonds is 7. The number of likely N-dealkylation sites (tertiary alicyclic amines) is 1. The Hall–Kier alpha value is -2.66. The van der Waals surface area contributed by atoms with Crippen LogP contribution in [0.1, 0.15) is 24.0 Å². The highest BCUT2D eigenvalue weighted by Crippen LogP contribution is 2.41. The van der Waals surface area contributed by atoms with E-state index in [1.165, 1.54) is 18.2 Å². The van der Waals surface area contributed by atoms with Crippen LogP contribution in [0.4, 0.5) is 18.9 Å². The number of amidine groups is 1. The summed E-state index contributed by atoms with van der Waals surface area (Å²) in [4.78, 5) is 20.6. The monoisotopic (exact) mass is 506 g/mol. The van der Waals surface area contributed by atoms with E-state index in [0.29, 0.717) is 18.2 Å². The van der Waals surface area contributed by atoms with Crippen molar-refractivity contribution >= 4 is 23.3 Å². The molecular formula is C24H29F3N6OS. The second kappa shape index (κ2) is 9.77. The van der Waals surface area contributed by atoms with Gasteiger partial charge in [0.05, 0.1) is 5.56 Å². The number of pyridine rings is 1. The number of aromatic amines is 1. The molecule has 1 aromatic heterocycles. The van der Waals surface area contributed by atoms with Gasteiger partial charge in [-0.1, -0.05) is 12.1 Å². The van der Waals surface area contributed by atoms with Gasteiger partial charge in [0.15, 0.2) is 11.3 Å². The van der Waals surface area contributed by atoms with Crippen LogP contribution < -0.4 is 15.9 Å². The largest absolute Gasteiger partial charge is 0.418 e. The molecule has 0 saturated carbocycles. The van der Waals surface area contributed by atoms with Crippen LogP contribution >= 0.6 is 11.8 Å². The fourth-order valence-corrected chi connectivity index (χ4v) is 6.34. The van der Waals surface area contributed by atoms with E-state index in [9.17, 15) is 18.0 Å². The number of anilines is 1. The first kappa shape index (κ1) is 24.1. The van der Waals surface area contributed by atoms with Crippen molar-refractivity contribution in [2.24, 2.45) is 11.0 Å². The maximum atomic E-state index is 13.6. The summed E-state index contributed by atoms with van der Waals surface area (Å²) in [5, 5.41) is 4.39. The number of para-hydroxylation sites is 1. The number of alkyl halides is 3. The molecule has 3 aliphatic rings. The lowest BCUT2D eigenvalue weighted by molar-refractivity contribution is -0.137. The Bertz CT molecular complexity index is 1140. The third-order valence-corrected chi connectivity index (χ3v) is 8.30. The lowest BCUT2D eigenvalue weighted by Gasteiger charge is -2.29. The van der Waals surface area contributed by atoms with Gasteiger partial charge in [-0.15, -0.1) is 11.8 Å². The van der Waals surface area contributed by atoms with E-state index >= 15 is 0 Å². The predicted molar refractivity (Wildman–Crippen MR) is 132 cm³/mol. The lowest BCUT2D eigenvalue weighted by atomic mass is 10.0. The van der Waals surface area contributed by atoms with Crippen LogP contribution in [-0.2, 0) is 6.18 Å². The number of H-pyrrole nitrogens is 1. The quantitative estimate of drug-likeness (QED) is 0.563. The predicted octanol–water partition coefficient (Wildman–Crippen LogP) is 3.21. The Morgan fingerprint density at radius 1 is 1.20 bits per heavy atom. The number of nitrogens with one attached hydrogen (secondary N) is 2. The molecule has 2 fully saturated rings. The van der Waals surface area contributed by atoms with Gasteiger partial charge in [-0.3, -0.25) is 10.2 Å². The fraction of sp³-hybridized carbons (Fsp3) is 0.500. The highest BCUT2D eigenvalue weighted by atomic mass is 32.2. The second-order valence-electron chi connectivity index (χ2n) is 9.28. The Morgan fingerprint density at radius 3 is 2.83 bits per heavy atom. The summed E-state index contributed by atoms with van der Waals surface area (Å²) in [6.07, 6.45) is -0.814. The third-order valence-electron chi connectivity index (χ3n) is 7.04. The number of thioether (sulfide) groups is 1. The van der Waals surface area contributed by atoms with E-state index < -0.39 is 11.7 Å². The minimum Gasteiger partial charge on any atom is -0.366 e. The molecule has 1 aromatic carbocycles. The Labute approximate surface area is 206 Å². The van der Waals surface area contributed by atoms with Gasteiger partial charge in [0, 0.05) is 56.2 Å². The maximum Gasteiger partial charge on any atom is 0.418 e. The molecule has 4 heterocycles. The summed E-state index contributed by atoms with van der Waals surface area (Å²) in [7, 11) is 1.95. The minimum atomic E-state index is -4.34. The third kappa shape index (κ3) is 5.02. The van der Waals surface area contributed by atoms with Crippen LogP contribution in [0.25, 0.3) is 0 Å². The summed E-state index contributed by atoms with van der Waals surface area (Å²) >= 11 is 1.75. The summed E-state index contributed by atoms with van der Waals surface area (Å²) in [6, 6.07) is 9.45. The molecule has 0 radical (unpaired) electrons. The van der Waals surface area contributed by atoms with Crippen LogP contribution in [0.3, 0.4) is 0 Å². The lowest BCUT2D eigenvalue weighted by Crippen LogP contribution is -2.37. The molecule has 2 N–H and O–H groups in total. The smallest absolute Gasteiger partial charge is 0.366 e. The van der Waals surface area contributed by atoms with Crippen LogP contribution in [0.2, 0.25) is 0 Å². The van der Waals surface area contributed by atoms with Crippen LogP contribution in [0, 0.1) is 5.92 Å². The number of nitrogens with zero attached hydrogens (tertiary/aromatic N) is 4. The Balaban J connectivity index is 1.10. The summed E-state index contributed by atoms with van der Waals surface area (Å²) in [5.74, 6) is 2.07. The number of hydrogen-bond acceptors (Lipinski definition) is 7. The van der Waals surface area contributed by atoms with Crippen molar-refractivity contribution in [1.82, 2.24) is 20.2 Å². The van der Waals surface area contributed by atoms with E-state index in [0.717, 1.165) is 49.6 Å². The van der Waals surface area contributed by atoms with Gasteiger partial charge in [-0.25, -0.2) is 0 Å². The molecule has 11 heteroatoms. The molecule has 3 atom stereocenters. The zero-order valence-corrected chi connectivity index (χ0v) is 20.3. The van der Waals surface area contributed by atoms with Crippen molar-refractivity contribution in [2.75, 3.05) is 43.9 Å². The van der Waals surface area contributed by atoms with Gasteiger partial charge >= 0.3 is 6.18 Å². The van der Waals surface area contributed by atoms with Crippen molar-refractivity contribution in [3.05, 3.63) is 64.1 Å². The van der Waals surface area contributed by atoms with Crippen molar-refractivity contribution in [3.63, 3.8) is 0 Å². The second-order valence-corrected chi connectivity index (χ2v) is 10.5. The zero-order chi connectivity index (χ0) is 24.6. The summed E-state index contributed by atoms with van der Waals surface area (Å²) in [6.45, 7) is 3.35. The first-order valence-electron chi connectivity index (χ1n) is 11.8. The molecule has 3 aliphatic heterocycles. The minimum absolute atomic E-state index is 0.00314. The van der Waals surface area contributed by atoms with Crippen molar-refractivity contribution in [1.29, 1.82) is 0 Å². The number of halogens is 3. The fourth-order valence-electron chi connectivity index (χ4n) is 5.37. The number of aromatic nitrogens is 1. The average Bonchev–Trinajstić information content (AvgIpc) is 3.50. The number of benzene rings is 1. The molecule has 35 heavy (non-hydrogen) atoms. The number of hydrogen-bond donors (Lipinski definition) is 2. The van der Waals surface area contributed by atoms with E-state index in [1.807, 2.05) is 22.9 Å². The average molecular weight is 507 g/mol. The first-order valence-corrected chi connectivity index (χ1v) is 12.9. The molecule has 188 valence electrons. The maximum absolute atomic E-state index is 13.6. The van der Waals surface area contributed by atoms with Crippen LogP contribution in [0.15, 0.2) is 52.5 Å².